The summed E-state index contributed by atoms with van der Waals surface area (Å²) in [6.45, 7) is 4.87. The Labute approximate surface area is 121 Å². The predicted octanol–water partition coefficient (Wildman–Crippen LogP) is 2.71. The minimum absolute atomic E-state index is 0. The Kier molecular flexibility index (Phi) is 4.44. The first kappa shape index (κ1) is 13.3. The molecule has 0 aromatic carbocycles. The van der Waals surface area contributed by atoms with Crippen molar-refractivity contribution in [1.82, 2.24) is 9.88 Å². The number of fused-ring (bicyclic) bond motifs is 4. The van der Waals surface area contributed by atoms with Crippen molar-refractivity contribution in [2.45, 2.75) is 18.9 Å². The van der Waals surface area contributed by atoms with Gasteiger partial charge in [-0.3, -0.25) is 4.98 Å². The van der Waals surface area contributed by atoms with Gasteiger partial charge in [0.05, 0.1) is 11.9 Å². The zero-order chi connectivity index (χ0) is 11.0. The van der Waals surface area contributed by atoms with Crippen LogP contribution < -0.4 is 4.90 Å². The number of pyridine rings is 1. The lowest BCUT2D eigenvalue weighted by Gasteiger charge is -2.32. The van der Waals surface area contributed by atoms with Crippen LogP contribution in [-0.4, -0.2) is 42.1 Å². The van der Waals surface area contributed by atoms with Crippen LogP contribution in [0.3, 0.4) is 0 Å². The molecule has 94 valence electrons. The average molecular weight is 363 g/mol. The van der Waals surface area contributed by atoms with Gasteiger partial charge in [-0.2, -0.15) is 0 Å². The summed E-state index contributed by atoms with van der Waals surface area (Å²) in [5.41, 5.74) is 1.27. The summed E-state index contributed by atoms with van der Waals surface area (Å²) < 4.78 is 1.07. The quantitative estimate of drug-likeness (QED) is 0.765. The molecule has 3 aliphatic heterocycles. The van der Waals surface area contributed by atoms with E-state index in [0.29, 0.717) is 0 Å². The minimum atomic E-state index is 0. The lowest BCUT2D eigenvalue weighted by molar-refractivity contribution is 0.250. The van der Waals surface area contributed by atoms with Crippen molar-refractivity contribution in [1.29, 1.82) is 0 Å². The average Bonchev–Trinajstić information content (AvgIpc) is 2.62. The Morgan fingerprint density at radius 3 is 2.59 bits per heavy atom. The van der Waals surface area contributed by atoms with Gasteiger partial charge in [0.2, 0.25) is 0 Å². The highest BCUT2D eigenvalue weighted by molar-refractivity contribution is 9.10. The Morgan fingerprint density at radius 1 is 1.12 bits per heavy atom. The molecule has 4 rings (SSSR count). The number of rotatable bonds is 1. The number of aromatic nitrogens is 1. The van der Waals surface area contributed by atoms with Crippen molar-refractivity contribution < 1.29 is 0 Å². The number of piperidine rings is 1. The molecule has 3 aliphatic rings. The molecule has 0 amide bonds. The fourth-order valence-electron chi connectivity index (χ4n) is 2.78. The van der Waals surface area contributed by atoms with E-state index in [2.05, 4.69) is 36.8 Å². The fourth-order valence-corrected chi connectivity index (χ4v) is 3.14. The molecule has 5 heteroatoms. The maximum atomic E-state index is 4.27. The second-order valence-corrected chi connectivity index (χ2v) is 5.54. The van der Waals surface area contributed by atoms with Crippen molar-refractivity contribution in [2.24, 2.45) is 0 Å². The first-order valence-electron chi connectivity index (χ1n) is 5.92. The Bertz CT molecular complexity index is 378. The van der Waals surface area contributed by atoms with Crippen molar-refractivity contribution in [3.8, 4) is 0 Å². The normalized spacial score (nSPS) is 27.5. The third-order valence-electron chi connectivity index (χ3n) is 3.68. The summed E-state index contributed by atoms with van der Waals surface area (Å²) in [6.07, 6.45) is 6.43. The first-order valence-corrected chi connectivity index (χ1v) is 6.72. The lowest BCUT2D eigenvalue weighted by atomic mass is 10.0. The lowest BCUT2D eigenvalue weighted by Crippen LogP contribution is -2.37. The number of anilines is 1. The van der Waals surface area contributed by atoms with Gasteiger partial charge in [0.25, 0.3) is 0 Å². The van der Waals surface area contributed by atoms with Crippen LogP contribution in [0.1, 0.15) is 12.8 Å². The van der Waals surface area contributed by atoms with Gasteiger partial charge in [-0.1, -0.05) is 0 Å². The smallest absolute Gasteiger partial charge is 0.0567 e. The van der Waals surface area contributed by atoms with Gasteiger partial charge in [0.15, 0.2) is 0 Å². The SMILES string of the molecule is Br.Brc1cncc(N2CCN3CCC2CC3)c1. The van der Waals surface area contributed by atoms with Crippen molar-refractivity contribution in [2.75, 3.05) is 31.1 Å². The van der Waals surface area contributed by atoms with E-state index in [0.717, 1.165) is 17.1 Å². The van der Waals surface area contributed by atoms with Crippen molar-refractivity contribution >= 4 is 38.6 Å². The van der Waals surface area contributed by atoms with Gasteiger partial charge >= 0.3 is 0 Å². The molecule has 0 aliphatic carbocycles. The van der Waals surface area contributed by atoms with E-state index in [1.54, 1.807) is 0 Å². The van der Waals surface area contributed by atoms with Gasteiger partial charge in [0.1, 0.15) is 0 Å². The molecule has 3 fully saturated rings. The molecule has 17 heavy (non-hydrogen) atoms. The highest BCUT2D eigenvalue weighted by Gasteiger charge is 2.29. The van der Waals surface area contributed by atoms with E-state index in [1.807, 2.05) is 12.4 Å². The summed E-state index contributed by atoms with van der Waals surface area (Å²) in [4.78, 5) is 9.37. The van der Waals surface area contributed by atoms with Crippen LogP contribution in [0.5, 0.6) is 0 Å². The molecule has 3 nitrogen and oxygen atoms in total. The molecule has 1 aromatic heterocycles. The summed E-state index contributed by atoms with van der Waals surface area (Å²) in [7, 11) is 0. The summed E-state index contributed by atoms with van der Waals surface area (Å²) in [6, 6.07) is 2.90. The van der Waals surface area contributed by atoms with Gasteiger partial charge in [-0.05, 0) is 34.8 Å². The van der Waals surface area contributed by atoms with Gasteiger partial charge in [-0.25, -0.2) is 0 Å². The number of hydrogen-bond acceptors (Lipinski definition) is 3. The second-order valence-electron chi connectivity index (χ2n) is 4.63. The zero-order valence-corrected chi connectivity index (χ0v) is 13.0. The molecule has 4 heterocycles. The topological polar surface area (TPSA) is 19.4 Å². The summed E-state index contributed by atoms with van der Waals surface area (Å²) >= 11 is 3.50. The molecule has 0 saturated carbocycles. The first-order chi connectivity index (χ1) is 7.83. The van der Waals surface area contributed by atoms with Crippen LogP contribution in [0, 0.1) is 0 Å². The highest BCUT2D eigenvalue weighted by atomic mass is 79.9. The van der Waals surface area contributed by atoms with Crippen LogP contribution in [0.2, 0.25) is 0 Å². The maximum absolute atomic E-state index is 4.27. The highest BCUT2D eigenvalue weighted by Crippen LogP contribution is 2.27. The molecular weight excluding hydrogens is 346 g/mol. The molecule has 0 radical (unpaired) electrons. The van der Waals surface area contributed by atoms with Gasteiger partial charge in [-0.15, -0.1) is 17.0 Å². The van der Waals surface area contributed by atoms with Crippen LogP contribution in [0.4, 0.5) is 5.69 Å². The standard InChI is InChI=1S/C12H16BrN3.BrH/c13-10-7-12(9-14-8-10)16-6-5-15-3-1-11(16)2-4-15;/h7-9,11H,1-6H2;1H. The molecule has 0 N–H and O–H groups in total. The van der Waals surface area contributed by atoms with E-state index in [1.165, 1.54) is 38.2 Å². The van der Waals surface area contributed by atoms with E-state index in [9.17, 15) is 0 Å². The fraction of sp³-hybridized carbons (Fsp3) is 0.583. The molecule has 0 atom stereocenters. The van der Waals surface area contributed by atoms with E-state index in [-0.39, 0.29) is 17.0 Å². The molecular formula is C12H17Br2N3. The van der Waals surface area contributed by atoms with Crippen molar-refractivity contribution in [3.63, 3.8) is 0 Å². The maximum Gasteiger partial charge on any atom is 0.0567 e. The third-order valence-corrected chi connectivity index (χ3v) is 4.11. The van der Waals surface area contributed by atoms with Gasteiger partial charge in [0, 0.05) is 42.9 Å². The van der Waals surface area contributed by atoms with E-state index in [4.69, 9.17) is 0 Å². The van der Waals surface area contributed by atoms with Gasteiger partial charge < -0.3 is 9.80 Å². The molecule has 0 unspecified atom stereocenters. The summed E-state index contributed by atoms with van der Waals surface area (Å²) in [5.74, 6) is 0. The van der Waals surface area contributed by atoms with Crippen molar-refractivity contribution in [3.05, 3.63) is 22.9 Å². The van der Waals surface area contributed by atoms with Crippen LogP contribution in [0.15, 0.2) is 22.9 Å². The number of halogens is 2. The second kappa shape index (κ2) is 5.67. The van der Waals surface area contributed by atoms with Crippen LogP contribution in [-0.2, 0) is 0 Å². The largest absolute Gasteiger partial charge is 0.366 e. The third kappa shape index (κ3) is 2.83. The Balaban J connectivity index is 0.00000108. The van der Waals surface area contributed by atoms with Crippen LogP contribution >= 0.6 is 32.9 Å². The Morgan fingerprint density at radius 2 is 1.88 bits per heavy atom. The summed E-state index contributed by atoms with van der Waals surface area (Å²) in [5, 5.41) is 0. The monoisotopic (exact) mass is 361 g/mol. The van der Waals surface area contributed by atoms with E-state index < -0.39 is 0 Å². The molecule has 2 bridgehead atoms. The number of hydrogen-bond donors (Lipinski definition) is 0. The van der Waals surface area contributed by atoms with E-state index >= 15 is 0 Å². The molecule has 1 aromatic rings. The zero-order valence-electron chi connectivity index (χ0n) is 9.68. The Hall–Kier alpha value is -0.130. The molecule has 3 saturated heterocycles. The predicted molar refractivity (Wildman–Crippen MR) is 79.1 cm³/mol. The molecule has 0 spiro atoms. The number of nitrogens with zero attached hydrogens (tertiary/aromatic N) is 3. The van der Waals surface area contributed by atoms with Crippen LogP contribution in [0.25, 0.3) is 0 Å². The minimum Gasteiger partial charge on any atom is -0.366 e.